The molecule has 0 radical (unpaired) electrons. The monoisotopic (exact) mass is 370 g/mol. The lowest BCUT2D eigenvalue weighted by molar-refractivity contribution is -0.385. The van der Waals surface area contributed by atoms with Crippen LogP contribution in [0, 0.1) is 16.0 Å². The topological polar surface area (TPSA) is 81.0 Å². The Balaban J connectivity index is 2.06. The number of aromatic nitrogens is 2. The predicted octanol–water partition coefficient (Wildman–Crippen LogP) is 4.02. The van der Waals surface area contributed by atoms with Crippen LogP contribution in [0.3, 0.4) is 0 Å². The SMILES string of the molecule is CC(C)Cc1nnc(NCc2ccc(Br)cc2[N+](=O)[O-])s1. The molecular formula is C13H15BrN4O2S. The Labute approximate surface area is 134 Å². The summed E-state index contributed by atoms with van der Waals surface area (Å²) >= 11 is 4.73. The van der Waals surface area contributed by atoms with Crippen molar-refractivity contribution in [1.82, 2.24) is 10.2 Å². The van der Waals surface area contributed by atoms with Crippen molar-refractivity contribution in [3.63, 3.8) is 0 Å². The van der Waals surface area contributed by atoms with Gasteiger partial charge in [-0.1, -0.05) is 41.1 Å². The first-order valence-corrected chi connectivity index (χ1v) is 8.05. The van der Waals surface area contributed by atoms with Crippen LogP contribution in [-0.4, -0.2) is 15.1 Å². The van der Waals surface area contributed by atoms with E-state index < -0.39 is 0 Å². The molecule has 1 N–H and O–H groups in total. The van der Waals surface area contributed by atoms with E-state index in [1.54, 1.807) is 12.1 Å². The summed E-state index contributed by atoms with van der Waals surface area (Å²) in [6.07, 6.45) is 0.887. The van der Waals surface area contributed by atoms with E-state index in [9.17, 15) is 10.1 Å². The number of nitro groups is 1. The van der Waals surface area contributed by atoms with E-state index >= 15 is 0 Å². The second kappa shape index (κ2) is 6.95. The number of nitrogens with zero attached hydrogens (tertiary/aromatic N) is 3. The Kier molecular flexibility index (Phi) is 5.24. The van der Waals surface area contributed by atoms with Crippen molar-refractivity contribution < 1.29 is 4.92 Å². The van der Waals surface area contributed by atoms with E-state index in [0.29, 0.717) is 27.6 Å². The van der Waals surface area contributed by atoms with Crippen LogP contribution in [-0.2, 0) is 13.0 Å². The van der Waals surface area contributed by atoms with Gasteiger partial charge in [-0.3, -0.25) is 10.1 Å². The van der Waals surface area contributed by atoms with Crippen LogP contribution in [0.15, 0.2) is 22.7 Å². The van der Waals surface area contributed by atoms with Crippen molar-refractivity contribution in [2.24, 2.45) is 5.92 Å². The Morgan fingerprint density at radius 1 is 1.43 bits per heavy atom. The molecule has 0 spiro atoms. The third kappa shape index (κ3) is 4.47. The summed E-state index contributed by atoms with van der Waals surface area (Å²) in [5, 5.41) is 23.9. The summed E-state index contributed by atoms with van der Waals surface area (Å²) in [5.41, 5.74) is 0.701. The molecule has 0 unspecified atom stereocenters. The highest BCUT2D eigenvalue weighted by atomic mass is 79.9. The molecule has 0 bridgehead atoms. The second-order valence-electron chi connectivity index (χ2n) is 4.98. The van der Waals surface area contributed by atoms with Gasteiger partial charge in [0.05, 0.1) is 4.92 Å². The molecule has 0 atom stereocenters. The van der Waals surface area contributed by atoms with Crippen LogP contribution in [0.4, 0.5) is 10.8 Å². The van der Waals surface area contributed by atoms with Gasteiger partial charge in [-0.05, 0) is 18.1 Å². The van der Waals surface area contributed by atoms with Gasteiger partial charge < -0.3 is 5.32 Å². The van der Waals surface area contributed by atoms with Crippen LogP contribution in [0.25, 0.3) is 0 Å². The highest BCUT2D eigenvalue weighted by Gasteiger charge is 2.14. The molecule has 2 aromatic rings. The molecule has 0 saturated heterocycles. The molecule has 0 saturated carbocycles. The third-order valence-corrected chi connectivity index (χ3v) is 4.12. The molecule has 1 aromatic carbocycles. The number of anilines is 1. The van der Waals surface area contributed by atoms with Gasteiger partial charge in [-0.15, -0.1) is 10.2 Å². The average Bonchev–Trinajstić information content (AvgIpc) is 2.83. The molecular weight excluding hydrogens is 356 g/mol. The molecule has 1 heterocycles. The van der Waals surface area contributed by atoms with Crippen LogP contribution in [0.2, 0.25) is 0 Å². The molecule has 112 valence electrons. The molecule has 8 heteroatoms. The number of benzene rings is 1. The van der Waals surface area contributed by atoms with Crippen molar-refractivity contribution in [1.29, 1.82) is 0 Å². The van der Waals surface area contributed by atoms with E-state index in [1.165, 1.54) is 17.4 Å². The van der Waals surface area contributed by atoms with Crippen molar-refractivity contribution in [2.45, 2.75) is 26.8 Å². The van der Waals surface area contributed by atoms with Gasteiger partial charge in [0.25, 0.3) is 5.69 Å². The third-order valence-electron chi connectivity index (χ3n) is 2.72. The fraction of sp³-hybridized carbons (Fsp3) is 0.385. The summed E-state index contributed by atoms with van der Waals surface area (Å²) in [6, 6.07) is 5.01. The quantitative estimate of drug-likeness (QED) is 0.613. The van der Waals surface area contributed by atoms with Crippen LogP contribution in [0.1, 0.15) is 24.4 Å². The lowest BCUT2D eigenvalue weighted by Gasteiger charge is -2.04. The van der Waals surface area contributed by atoms with E-state index in [-0.39, 0.29) is 10.6 Å². The maximum Gasteiger partial charge on any atom is 0.275 e. The normalized spacial score (nSPS) is 10.9. The fourth-order valence-electron chi connectivity index (χ4n) is 1.78. The highest BCUT2D eigenvalue weighted by Crippen LogP contribution is 2.25. The fourth-order valence-corrected chi connectivity index (χ4v) is 3.08. The highest BCUT2D eigenvalue weighted by molar-refractivity contribution is 9.10. The summed E-state index contributed by atoms with van der Waals surface area (Å²) in [5.74, 6) is 0.526. The van der Waals surface area contributed by atoms with E-state index in [4.69, 9.17) is 0 Å². The molecule has 0 aliphatic carbocycles. The number of hydrogen-bond donors (Lipinski definition) is 1. The van der Waals surface area contributed by atoms with Crippen molar-refractivity contribution in [3.8, 4) is 0 Å². The standard InChI is InChI=1S/C13H15BrN4O2S/c1-8(2)5-12-16-17-13(21-12)15-7-9-3-4-10(14)6-11(9)18(19)20/h3-4,6,8H,5,7H2,1-2H3,(H,15,17). The Hall–Kier alpha value is -1.54. The molecule has 1 aromatic heterocycles. The Bertz CT molecular complexity index is 645. The summed E-state index contributed by atoms with van der Waals surface area (Å²) in [6.45, 7) is 4.60. The second-order valence-corrected chi connectivity index (χ2v) is 6.96. The molecule has 0 amide bonds. The molecule has 21 heavy (non-hydrogen) atoms. The van der Waals surface area contributed by atoms with Crippen molar-refractivity contribution in [3.05, 3.63) is 43.4 Å². The smallest absolute Gasteiger partial charge is 0.275 e. The van der Waals surface area contributed by atoms with Gasteiger partial charge in [0, 0.05) is 29.1 Å². The minimum Gasteiger partial charge on any atom is -0.356 e. The maximum absolute atomic E-state index is 11.0. The van der Waals surface area contributed by atoms with E-state index in [1.807, 2.05) is 0 Å². The first kappa shape index (κ1) is 15.8. The summed E-state index contributed by atoms with van der Waals surface area (Å²) < 4.78 is 0.688. The van der Waals surface area contributed by atoms with Crippen molar-refractivity contribution >= 4 is 38.1 Å². The van der Waals surface area contributed by atoms with Crippen LogP contribution in [0.5, 0.6) is 0 Å². The minimum absolute atomic E-state index is 0.0868. The van der Waals surface area contributed by atoms with E-state index in [2.05, 4.69) is 45.3 Å². The molecule has 0 aliphatic rings. The number of rotatable bonds is 6. The minimum atomic E-state index is -0.383. The van der Waals surface area contributed by atoms with Crippen molar-refractivity contribution in [2.75, 3.05) is 5.32 Å². The first-order chi connectivity index (χ1) is 9.95. The van der Waals surface area contributed by atoms with Gasteiger partial charge in [-0.25, -0.2) is 0 Å². The average molecular weight is 371 g/mol. The number of nitrogens with one attached hydrogen (secondary N) is 1. The van der Waals surface area contributed by atoms with Gasteiger partial charge in [-0.2, -0.15) is 0 Å². The number of nitro benzene ring substituents is 1. The van der Waals surface area contributed by atoms with Crippen LogP contribution >= 0.6 is 27.3 Å². The Morgan fingerprint density at radius 3 is 2.86 bits per heavy atom. The molecule has 2 rings (SSSR count). The zero-order valence-electron chi connectivity index (χ0n) is 11.7. The lowest BCUT2D eigenvalue weighted by atomic mass is 10.1. The Morgan fingerprint density at radius 2 is 2.19 bits per heavy atom. The van der Waals surface area contributed by atoms with Gasteiger partial charge >= 0.3 is 0 Å². The number of halogens is 1. The van der Waals surface area contributed by atoms with Gasteiger partial charge in [0.15, 0.2) is 0 Å². The lowest BCUT2D eigenvalue weighted by Crippen LogP contribution is -2.03. The predicted molar refractivity (Wildman–Crippen MR) is 86.6 cm³/mol. The molecule has 6 nitrogen and oxygen atoms in total. The summed E-state index contributed by atoms with van der Waals surface area (Å²) in [7, 11) is 0. The largest absolute Gasteiger partial charge is 0.356 e. The van der Waals surface area contributed by atoms with Gasteiger partial charge in [0.2, 0.25) is 5.13 Å². The zero-order chi connectivity index (χ0) is 15.4. The maximum atomic E-state index is 11.0. The molecule has 0 aliphatic heterocycles. The molecule has 0 fully saturated rings. The van der Waals surface area contributed by atoms with Gasteiger partial charge in [0.1, 0.15) is 5.01 Å². The van der Waals surface area contributed by atoms with E-state index in [0.717, 1.165) is 11.4 Å². The zero-order valence-corrected chi connectivity index (χ0v) is 14.1. The number of hydrogen-bond acceptors (Lipinski definition) is 6. The summed E-state index contributed by atoms with van der Waals surface area (Å²) in [4.78, 5) is 10.7. The van der Waals surface area contributed by atoms with Crippen LogP contribution < -0.4 is 5.32 Å². The first-order valence-electron chi connectivity index (χ1n) is 6.44.